The number of nitrogens with one attached hydrogen (secondary N) is 1. The lowest BCUT2D eigenvalue weighted by Gasteiger charge is -2.19. The predicted molar refractivity (Wildman–Crippen MR) is 85.0 cm³/mol. The molecule has 0 unspecified atom stereocenters. The lowest BCUT2D eigenvalue weighted by atomic mass is 9.98. The Morgan fingerprint density at radius 3 is 2.09 bits per heavy atom. The first-order valence-corrected chi connectivity index (χ1v) is 8.42. The Bertz CT molecular complexity index is 693. The van der Waals surface area contributed by atoms with Crippen LogP contribution in [0.25, 0.3) is 0 Å². The number of ether oxygens (including phenoxy) is 1. The van der Waals surface area contributed by atoms with Crippen molar-refractivity contribution >= 4 is 21.9 Å². The average Bonchev–Trinajstić information content (AvgIpc) is 2.37. The highest BCUT2D eigenvalue weighted by atomic mass is 32.2. The molecule has 0 atom stereocenters. The number of benzene rings is 1. The normalized spacial score (nSPS) is 11.6. The van der Waals surface area contributed by atoms with Crippen LogP contribution in [0.1, 0.15) is 36.1 Å². The first kappa shape index (κ1) is 18.4. The zero-order chi connectivity index (χ0) is 17.2. The third-order valence-electron chi connectivity index (χ3n) is 3.59. The van der Waals surface area contributed by atoms with Crippen LogP contribution in [-0.2, 0) is 14.9 Å². The lowest BCUT2D eigenvalue weighted by Crippen LogP contribution is -2.19. The minimum Gasteiger partial charge on any atom is -0.449 e. The molecule has 2 N–H and O–H groups in total. The summed E-state index contributed by atoms with van der Waals surface area (Å²) in [6.45, 7) is 10.8. The van der Waals surface area contributed by atoms with Gasteiger partial charge in [-0.2, -0.15) is 8.42 Å². The first-order valence-electron chi connectivity index (χ1n) is 6.98. The molecule has 1 aromatic carbocycles. The van der Waals surface area contributed by atoms with E-state index in [1.54, 1.807) is 27.7 Å². The Kier molecular flexibility index (Phi) is 5.59. The molecule has 0 saturated carbocycles. The summed E-state index contributed by atoms with van der Waals surface area (Å²) < 4.78 is 37.7. The number of hydrogen-bond donors (Lipinski definition) is 2. The summed E-state index contributed by atoms with van der Waals surface area (Å²) in [6, 6.07) is 0. The van der Waals surface area contributed by atoms with Crippen molar-refractivity contribution in [3.05, 3.63) is 22.3 Å². The average molecular weight is 329 g/mol. The zero-order valence-corrected chi connectivity index (χ0v) is 14.6. The smallest absolute Gasteiger partial charge is 0.411 e. The largest absolute Gasteiger partial charge is 0.449 e. The third kappa shape index (κ3) is 3.98. The molecule has 7 heteroatoms. The summed E-state index contributed by atoms with van der Waals surface area (Å²) in [7, 11) is -4.38. The Balaban J connectivity index is 3.32. The summed E-state index contributed by atoms with van der Waals surface area (Å²) in [5, 5.41) is 2.58. The number of rotatable bonds is 4. The van der Waals surface area contributed by atoms with E-state index in [-0.39, 0.29) is 17.4 Å². The van der Waals surface area contributed by atoms with E-state index in [0.717, 1.165) is 5.56 Å². The van der Waals surface area contributed by atoms with E-state index in [4.69, 9.17) is 4.74 Å². The van der Waals surface area contributed by atoms with Gasteiger partial charge in [0.05, 0.1) is 12.3 Å². The van der Waals surface area contributed by atoms with E-state index in [2.05, 4.69) is 5.32 Å². The summed E-state index contributed by atoms with van der Waals surface area (Å²) >= 11 is 0. The number of amides is 1. The monoisotopic (exact) mass is 329 g/mol. The van der Waals surface area contributed by atoms with Gasteiger partial charge in [0.15, 0.2) is 0 Å². The van der Waals surface area contributed by atoms with Gasteiger partial charge >= 0.3 is 6.09 Å². The Morgan fingerprint density at radius 1 is 1.09 bits per heavy atom. The van der Waals surface area contributed by atoms with Gasteiger partial charge in [-0.15, -0.1) is 0 Å². The van der Waals surface area contributed by atoms with Crippen LogP contribution in [0.4, 0.5) is 10.5 Å². The van der Waals surface area contributed by atoms with Gasteiger partial charge in [-0.25, -0.2) is 4.79 Å². The first-order chi connectivity index (χ1) is 9.96. The van der Waals surface area contributed by atoms with Gasteiger partial charge < -0.3 is 4.74 Å². The van der Waals surface area contributed by atoms with E-state index in [1.165, 1.54) is 0 Å². The molecule has 0 spiro atoms. The quantitative estimate of drug-likeness (QED) is 0.826. The molecule has 0 aliphatic carbocycles. The molecule has 1 amide bonds. The van der Waals surface area contributed by atoms with E-state index in [1.807, 2.05) is 13.8 Å². The fourth-order valence-electron chi connectivity index (χ4n) is 2.27. The van der Waals surface area contributed by atoms with Gasteiger partial charge in [0.2, 0.25) is 0 Å². The maximum Gasteiger partial charge on any atom is 0.411 e. The van der Waals surface area contributed by atoms with Crippen molar-refractivity contribution in [2.75, 3.05) is 11.9 Å². The second-order valence-electron chi connectivity index (χ2n) is 5.80. The molecular weight excluding hydrogens is 306 g/mol. The van der Waals surface area contributed by atoms with Crippen LogP contribution in [0, 0.1) is 33.6 Å². The number of hydrogen-bond acceptors (Lipinski definition) is 4. The van der Waals surface area contributed by atoms with Crippen molar-refractivity contribution < 1.29 is 22.5 Å². The maximum atomic E-state index is 11.8. The SMILES string of the molecule is Cc1c(C)c(NC(=O)OCC(C)C)c(C)c(S(=O)(=O)O)c1C. The molecule has 0 aliphatic rings. The molecule has 124 valence electrons. The highest BCUT2D eigenvalue weighted by molar-refractivity contribution is 7.86. The summed E-state index contributed by atoms with van der Waals surface area (Å²) in [5.41, 5.74) is 2.55. The topological polar surface area (TPSA) is 92.7 Å². The third-order valence-corrected chi connectivity index (χ3v) is 4.72. The van der Waals surface area contributed by atoms with Crippen molar-refractivity contribution in [3.63, 3.8) is 0 Å². The van der Waals surface area contributed by atoms with Crippen molar-refractivity contribution in [2.24, 2.45) is 5.92 Å². The Hall–Kier alpha value is -1.60. The van der Waals surface area contributed by atoms with Crippen LogP contribution in [0.2, 0.25) is 0 Å². The number of carbonyl (C=O) groups is 1. The van der Waals surface area contributed by atoms with Crippen LogP contribution in [0.3, 0.4) is 0 Å². The minimum atomic E-state index is -4.38. The second-order valence-corrected chi connectivity index (χ2v) is 7.15. The van der Waals surface area contributed by atoms with Gasteiger partial charge in [-0.3, -0.25) is 9.87 Å². The zero-order valence-electron chi connectivity index (χ0n) is 13.8. The summed E-state index contributed by atoms with van der Waals surface area (Å²) in [4.78, 5) is 11.7. The van der Waals surface area contributed by atoms with Crippen LogP contribution < -0.4 is 5.32 Å². The molecule has 1 rings (SSSR count). The molecule has 6 nitrogen and oxygen atoms in total. The van der Waals surface area contributed by atoms with E-state index in [9.17, 15) is 17.8 Å². The lowest BCUT2D eigenvalue weighted by molar-refractivity contribution is 0.147. The number of anilines is 1. The van der Waals surface area contributed by atoms with E-state index < -0.39 is 16.2 Å². The van der Waals surface area contributed by atoms with Gasteiger partial charge in [0, 0.05) is 0 Å². The molecule has 0 fully saturated rings. The fraction of sp³-hybridized carbons (Fsp3) is 0.533. The van der Waals surface area contributed by atoms with Gasteiger partial charge in [-0.05, 0) is 55.9 Å². The van der Waals surface area contributed by atoms with E-state index >= 15 is 0 Å². The van der Waals surface area contributed by atoms with Gasteiger partial charge in [-0.1, -0.05) is 13.8 Å². The van der Waals surface area contributed by atoms with Crippen molar-refractivity contribution in [3.8, 4) is 0 Å². The molecule has 0 aliphatic heterocycles. The molecule has 0 radical (unpaired) electrons. The Morgan fingerprint density at radius 2 is 1.64 bits per heavy atom. The minimum absolute atomic E-state index is 0.172. The van der Waals surface area contributed by atoms with Gasteiger partial charge in [0.25, 0.3) is 10.1 Å². The van der Waals surface area contributed by atoms with Crippen molar-refractivity contribution in [1.29, 1.82) is 0 Å². The fourth-order valence-corrected chi connectivity index (χ4v) is 3.30. The number of carbonyl (C=O) groups excluding carboxylic acids is 1. The van der Waals surface area contributed by atoms with Gasteiger partial charge in [0.1, 0.15) is 4.90 Å². The molecule has 0 bridgehead atoms. The maximum absolute atomic E-state index is 11.8. The molecule has 0 saturated heterocycles. The molecular formula is C15H23NO5S. The highest BCUT2D eigenvalue weighted by Crippen LogP contribution is 2.33. The van der Waals surface area contributed by atoms with Crippen LogP contribution >= 0.6 is 0 Å². The van der Waals surface area contributed by atoms with Crippen LogP contribution in [-0.4, -0.2) is 25.7 Å². The van der Waals surface area contributed by atoms with Crippen LogP contribution in [0.5, 0.6) is 0 Å². The van der Waals surface area contributed by atoms with Crippen molar-refractivity contribution in [1.82, 2.24) is 0 Å². The summed E-state index contributed by atoms with van der Waals surface area (Å²) in [5.74, 6) is 0.195. The predicted octanol–water partition coefficient (Wildman–Crippen LogP) is 3.37. The Labute approximate surface area is 131 Å². The molecule has 22 heavy (non-hydrogen) atoms. The van der Waals surface area contributed by atoms with Crippen molar-refractivity contribution in [2.45, 2.75) is 46.4 Å². The summed E-state index contributed by atoms with van der Waals surface area (Å²) in [6.07, 6.45) is -0.649. The molecule has 0 aromatic heterocycles. The molecule has 0 heterocycles. The molecule has 1 aromatic rings. The standard InChI is InChI=1S/C15H23NO5S/c1-8(2)7-21-15(17)16-13-10(4)9(3)11(5)14(12(13)6)22(18,19)20/h8H,7H2,1-6H3,(H,16,17)(H,18,19,20). The van der Waals surface area contributed by atoms with E-state index in [0.29, 0.717) is 22.4 Å². The van der Waals surface area contributed by atoms with Crippen LogP contribution in [0.15, 0.2) is 4.90 Å². The highest BCUT2D eigenvalue weighted by Gasteiger charge is 2.24. The second kappa shape index (κ2) is 6.66.